The van der Waals surface area contributed by atoms with Crippen LogP contribution >= 0.6 is 0 Å². The first-order valence-corrected chi connectivity index (χ1v) is 9.63. The standard InChI is InChI=1S/C25H21NO6/c1-30-22-8-3-6-18(16-22)24(19-7-4-9-23(17-19)31-2)10-5-11-25(27)32-21-14-12-20(13-15-21)26(28)29/h3-17H,1-2H3/b11-5+. The van der Waals surface area contributed by atoms with Crippen LogP contribution in [0.2, 0.25) is 0 Å². The second kappa shape index (κ2) is 10.6. The van der Waals surface area contributed by atoms with Crippen molar-refractivity contribution in [2.75, 3.05) is 14.2 Å². The van der Waals surface area contributed by atoms with E-state index in [0.717, 1.165) is 16.7 Å². The molecule has 0 amide bonds. The van der Waals surface area contributed by atoms with Crippen molar-refractivity contribution in [1.82, 2.24) is 0 Å². The molecule has 0 aliphatic carbocycles. The number of rotatable bonds is 8. The minimum Gasteiger partial charge on any atom is -0.497 e. The van der Waals surface area contributed by atoms with E-state index >= 15 is 0 Å². The highest BCUT2D eigenvalue weighted by Crippen LogP contribution is 2.28. The average molecular weight is 431 g/mol. The van der Waals surface area contributed by atoms with Crippen LogP contribution in [-0.4, -0.2) is 25.1 Å². The molecule has 0 fully saturated rings. The number of methoxy groups -OCH3 is 2. The van der Waals surface area contributed by atoms with Gasteiger partial charge in [-0.05, 0) is 53.1 Å². The number of non-ortho nitro benzene ring substituents is 1. The van der Waals surface area contributed by atoms with Crippen LogP contribution in [0.1, 0.15) is 11.1 Å². The van der Waals surface area contributed by atoms with E-state index in [9.17, 15) is 14.9 Å². The summed E-state index contributed by atoms with van der Waals surface area (Å²) in [6.45, 7) is 0. The Kier molecular flexibility index (Phi) is 7.37. The highest BCUT2D eigenvalue weighted by Gasteiger charge is 2.08. The summed E-state index contributed by atoms with van der Waals surface area (Å²) < 4.78 is 15.9. The van der Waals surface area contributed by atoms with E-state index in [-0.39, 0.29) is 11.4 Å². The molecule has 0 aliphatic heterocycles. The molecule has 0 aliphatic rings. The van der Waals surface area contributed by atoms with E-state index in [2.05, 4.69) is 0 Å². The van der Waals surface area contributed by atoms with Crippen molar-refractivity contribution in [3.63, 3.8) is 0 Å². The van der Waals surface area contributed by atoms with E-state index in [0.29, 0.717) is 11.5 Å². The summed E-state index contributed by atoms with van der Waals surface area (Å²) in [6, 6.07) is 20.4. The third-order valence-corrected chi connectivity index (χ3v) is 4.52. The number of carbonyl (C=O) groups excluding carboxylic acids is 1. The van der Waals surface area contributed by atoms with Crippen LogP contribution in [0.5, 0.6) is 17.2 Å². The molecule has 3 rings (SSSR count). The van der Waals surface area contributed by atoms with Gasteiger partial charge in [-0.1, -0.05) is 36.4 Å². The molecule has 0 atom stereocenters. The molecule has 7 nitrogen and oxygen atoms in total. The summed E-state index contributed by atoms with van der Waals surface area (Å²) in [5, 5.41) is 10.7. The minimum absolute atomic E-state index is 0.0792. The number of ether oxygens (including phenoxy) is 3. The lowest BCUT2D eigenvalue weighted by atomic mass is 9.97. The van der Waals surface area contributed by atoms with Gasteiger partial charge in [-0.3, -0.25) is 10.1 Å². The molecule has 0 unspecified atom stereocenters. The van der Waals surface area contributed by atoms with Gasteiger partial charge in [0.25, 0.3) is 5.69 Å². The normalized spacial score (nSPS) is 10.4. The molecular formula is C25H21NO6. The molecule has 0 aromatic heterocycles. The molecule has 0 bridgehead atoms. The van der Waals surface area contributed by atoms with Gasteiger partial charge in [0.1, 0.15) is 17.2 Å². The first kappa shape index (κ1) is 22.3. The molecule has 0 N–H and O–H groups in total. The Morgan fingerprint density at radius 3 is 1.91 bits per heavy atom. The van der Waals surface area contributed by atoms with Gasteiger partial charge in [0.05, 0.1) is 19.1 Å². The predicted octanol–water partition coefficient (Wildman–Crippen LogP) is 5.21. The fourth-order valence-corrected chi connectivity index (χ4v) is 2.95. The smallest absolute Gasteiger partial charge is 0.336 e. The number of hydrogen-bond donors (Lipinski definition) is 0. The van der Waals surface area contributed by atoms with Crippen molar-refractivity contribution in [2.24, 2.45) is 0 Å². The number of nitro benzene ring substituents is 1. The summed E-state index contributed by atoms with van der Waals surface area (Å²) >= 11 is 0. The van der Waals surface area contributed by atoms with Crippen LogP contribution in [0.15, 0.2) is 91.0 Å². The van der Waals surface area contributed by atoms with Crippen LogP contribution in [0.25, 0.3) is 5.57 Å². The maximum Gasteiger partial charge on any atom is 0.336 e. The highest BCUT2D eigenvalue weighted by atomic mass is 16.6. The lowest BCUT2D eigenvalue weighted by Gasteiger charge is -2.11. The first-order chi connectivity index (χ1) is 15.5. The molecule has 3 aromatic carbocycles. The summed E-state index contributed by atoms with van der Waals surface area (Å²) in [6.07, 6.45) is 4.66. The number of carbonyl (C=O) groups is 1. The zero-order valence-electron chi connectivity index (χ0n) is 17.6. The summed E-state index contributed by atoms with van der Waals surface area (Å²) in [7, 11) is 3.20. The summed E-state index contributed by atoms with van der Waals surface area (Å²) in [5.74, 6) is 1.02. The van der Waals surface area contributed by atoms with Crippen LogP contribution in [-0.2, 0) is 4.79 Å². The van der Waals surface area contributed by atoms with Crippen LogP contribution in [0.3, 0.4) is 0 Å². The van der Waals surface area contributed by atoms with Gasteiger partial charge in [-0.2, -0.15) is 0 Å². The zero-order valence-corrected chi connectivity index (χ0v) is 17.6. The average Bonchev–Trinajstić information content (AvgIpc) is 2.82. The quantitative estimate of drug-likeness (QED) is 0.122. The fraction of sp³-hybridized carbons (Fsp3) is 0.0800. The van der Waals surface area contributed by atoms with Gasteiger partial charge < -0.3 is 14.2 Å². The molecule has 0 spiro atoms. The Bertz CT molecular complexity index is 1120. The van der Waals surface area contributed by atoms with Crippen molar-refractivity contribution in [3.05, 3.63) is 112 Å². The molecule has 32 heavy (non-hydrogen) atoms. The lowest BCUT2D eigenvalue weighted by molar-refractivity contribution is -0.384. The second-order valence-electron chi connectivity index (χ2n) is 6.58. The maximum absolute atomic E-state index is 12.2. The van der Waals surface area contributed by atoms with Crippen LogP contribution in [0.4, 0.5) is 5.69 Å². The number of hydrogen-bond acceptors (Lipinski definition) is 6. The highest BCUT2D eigenvalue weighted by molar-refractivity contribution is 5.86. The lowest BCUT2D eigenvalue weighted by Crippen LogP contribution is -2.03. The molecule has 7 heteroatoms. The Morgan fingerprint density at radius 1 is 0.844 bits per heavy atom. The minimum atomic E-state index is -0.606. The number of allylic oxidation sites excluding steroid dienone is 2. The van der Waals surface area contributed by atoms with Gasteiger partial charge in [-0.25, -0.2) is 4.79 Å². The van der Waals surface area contributed by atoms with E-state index < -0.39 is 10.9 Å². The van der Waals surface area contributed by atoms with Crippen LogP contribution < -0.4 is 14.2 Å². The first-order valence-electron chi connectivity index (χ1n) is 9.63. The largest absolute Gasteiger partial charge is 0.497 e. The number of benzene rings is 3. The topological polar surface area (TPSA) is 87.9 Å². The second-order valence-corrected chi connectivity index (χ2v) is 6.58. The van der Waals surface area contributed by atoms with E-state index in [1.54, 1.807) is 26.4 Å². The molecule has 0 saturated heterocycles. The molecular weight excluding hydrogens is 410 g/mol. The predicted molar refractivity (Wildman–Crippen MR) is 121 cm³/mol. The third kappa shape index (κ3) is 5.82. The van der Waals surface area contributed by atoms with Crippen molar-refractivity contribution in [1.29, 1.82) is 0 Å². The number of esters is 1. The van der Waals surface area contributed by atoms with Crippen molar-refractivity contribution in [3.8, 4) is 17.2 Å². The number of nitro groups is 1. The Balaban J connectivity index is 1.85. The SMILES string of the molecule is COc1cccc(C(=C/C=C/C(=O)Oc2ccc([N+](=O)[O-])cc2)c2cccc(OC)c2)c1. The van der Waals surface area contributed by atoms with E-state index in [1.807, 2.05) is 48.5 Å². The van der Waals surface area contributed by atoms with E-state index in [1.165, 1.54) is 30.3 Å². The Hall–Kier alpha value is -4.39. The van der Waals surface area contributed by atoms with Gasteiger partial charge in [0.2, 0.25) is 0 Å². The fourth-order valence-electron chi connectivity index (χ4n) is 2.95. The summed E-state index contributed by atoms with van der Waals surface area (Å²) in [4.78, 5) is 22.4. The summed E-state index contributed by atoms with van der Waals surface area (Å²) in [5.41, 5.74) is 2.56. The number of nitrogens with zero attached hydrogens (tertiary/aromatic N) is 1. The zero-order chi connectivity index (χ0) is 22.9. The van der Waals surface area contributed by atoms with Gasteiger partial charge in [-0.15, -0.1) is 0 Å². The van der Waals surface area contributed by atoms with Crippen molar-refractivity contribution >= 4 is 17.2 Å². The van der Waals surface area contributed by atoms with Gasteiger partial charge >= 0.3 is 5.97 Å². The Labute approximate surface area is 185 Å². The monoisotopic (exact) mass is 431 g/mol. The van der Waals surface area contributed by atoms with Crippen LogP contribution in [0, 0.1) is 10.1 Å². The van der Waals surface area contributed by atoms with Crippen molar-refractivity contribution < 1.29 is 23.9 Å². The van der Waals surface area contributed by atoms with Gasteiger partial charge in [0.15, 0.2) is 0 Å². The van der Waals surface area contributed by atoms with Crippen molar-refractivity contribution in [2.45, 2.75) is 0 Å². The van der Waals surface area contributed by atoms with E-state index in [4.69, 9.17) is 14.2 Å². The molecule has 0 radical (unpaired) electrons. The molecule has 162 valence electrons. The third-order valence-electron chi connectivity index (χ3n) is 4.52. The maximum atomic E-state index is 12.2. The Morgan fingerprint density at radius 2 is 1.41 bits per heavy atom. The van der Waals surface area contributed by atoms with Gasteiger partial charge in [0, 0.05) is 18.2 Å². The molecule has 0 heterocycles. The molecule has 3 aromatic rings. The molecule has 0 saturated carbocycles.